The van der Waals surface area contributed by atoms with Gasteiger partial charge in [-0.1, -0.05) is 16.7 Å². The number of hydrogen-bond acceptors (Lipinski definition) is 9. The van der Waals surface area contributed by atoms with E-state index in [4.69, 9.17) is 30.2 Å². The highest BCUT2D eigenvalue weighted by Gasteiger charge is 2.20. The normalized spacial score (nSPS) is 11.1. The molecule has 0 radical (unpaired) electrons. The summed E-state index contributed by atoms with van der Waals surface area (Å²) in [4.78, 5) is 12.3. The monoisotopic (exact) mass is 481 g/mol. The highest BCUT2D eigenvalue weighted by molar-refractivity contribution is 7.91. The summed E-state index contributed by atoms with van der Waals surface area (Å²) in [7, 11) is 0.771. The van der Waals surface area contributed by atoms with Crippen LogP contribution in [0.4, 0.5) is 6.01 Å². The number of benzene rings is 2. The molecule has 1 amide bonds. The molecule has 32 heavy (non-hydrogen) atoms. The van der Waals surface area contributed by atoms with E-state index in [9.17, 15) is 13.2 Å². The summed E-state index contributed by atoms with van der Waals surface area (Å²) in [5.74, 6) is 0.273. The average molecular weight is 482 g/mol. The fraction of sp³-hybridized carbons (Fsp3) is 0.250. The molecule has 0 aliphatic carbocycles. The third-order valence-corrected chi connectivity index (χ3v) is 6.34. The van der Waals surface area contributed by atoms with Crippen molar-refractivity contribution in [3.63, 3.8) is 0 Å². The first-order chi connectivity index (χ1) is 15.3. The van der Waals surface area contributed by atoms with Gasteiger partial charge in [-0.05, 0) is 36.4 Å². The zero-order valence-corrected chi connectivity index (χ0v) is 19.0. The first-order valence-corrected chi connectivity index (χ1v) is 11.2. The number of halogens is 1. The van der Waals surface area contributed by atoms with Gasteiger partial charge in [0.15, 0.2) is 21.3 Å². The van der Waals surface area contributed by atoms with Crippen molar-refractivity contribution in [2.24, 2.45) is 0 Å². The number of nitrogens with zero attached hydrogens (tertiary/aromatic N) is 2. The van der Waals surface area contributed by atoms with Crippen LogP contribution < -0.4 is 19.5 Å². The predicted octanol–water partition coefficient (Wildman–Crippen LogP) is 3.22. The second-order valence-electron chi connectivity index (χ2n) is 6.40. The minimum absolute atomic E-state index is 0.0807. The third-order valence-electron chi connectivity index (χ3n) is 4.35. The smallest absolute Gasteiger partial charge is 0.322 e. The topological polar surface area (TPSA) is 130 Å². The Morgan fingerprint density at radius 3 is 2.22 bits per heavy atom. The fourth-order valence-corrected chi connectivity index (χ4v) is 4.13. The van der Waals surface area contributed by atoms with Crippen LogP contribution in [-0.2, 0) is 14.6 Å². The molecule has 0 fully saturated rings. The highest BCUT2D eigenvalue weighted by Crippen LogP contribution is 2.41. The molecule has 0 saturated carbocycles. The van der Waals surface area contributed by atoms with E-state index >= 15 is 0 Å². The lowest BCUT2D eigenvalue weighted by Crippen LogP contribution is -2.17. The number of carbonyl (C=O) groups is 1. The van der Waals surface area contributed by atoms with E-state index < -0.39 is 21.5 Å². The van der Waals surface area contributed by atoms with Crippen LogP contribution in [0.15, 0.2) is 45.7 Å². The summed E-state index contributed by atoms with van der Waals surface area (Å²) in [6.07, 6.45) is -0.299. The predicted molar refractivity (Wildman–Crippen MR) is 116 cm³/mol. The standard InChI is InChI=1S/C20H20ClN3O7S/c1-28-15-10-12(11-16(29-2)18(15)30-3)19-23-24-20(31-19)22-17(25)8-9-32(26,27)14-6-4-13(21)5-7-14/h4-7,10-11H,8-9H2,1-3H3,(H,22,24,25). The third kappa shape index (κ3) is 5.29. The summed E-state index contributed by atoms with van der Waals surface area (Å²) >= 11 is 5.77. The molecule has 0 aliphatic heterocycles. The van der Waals surface area contributed by atoms with Gasteiger partial charge < -0.3 is 18.6 Å². The van der Waals surface area contributed by atoms with Crippen LogP contribution >= 0.6 is 11.6 Å². The number of rotatable bonds is 9. The molecule has 12 heteroatoms. The molecular weight excluding hydrogens is 462 g/mol. The van der Waals surface area contributed by atoms with Crippen molar-refractivity contribution in [3.8, 4) is 28.7 Å². The average Bonchev–Trinajstić information content (AvgIpc) is 3.25. The highest BCUT2D eigenvalue weighted by atomic mass is 35.5. The van der Waals surface area contributed by atoms with Crippen molar-refractivity contribution in [2.45, 2.75) is 11.3 Å². The van der Waals surface area contributed by atoms with Gasteiger partial charge in [-0.15, -0.1) is 5.10 Å². The lowest BCUT2D eigenvalue weighted by atomic mass is 10.2. The van der Waals surface area contributed by atoms with E-state index in [1.165, 1.54) is 45.6 Å². The molecule has 3 aromatic rings. The van der Waals surface area contributed by atoms with Gasteiger partial charge in [-0.25, -0.2) is 8.42 Å². The van der Waals surface area contributed by atoms with E-state index in [1.807, 2.05) is 0 Å². The fourth-order valence-electron chi connectivity index (χ4n) is 2.76. The largest absolute Gasteiger partial charge is 0.493 e. The van der Waals surface area contributed by atoms with Crippen LogP contribution in [0.5, 0.6) is 17.2 Å². The van der Waals surface area contributed by atoms with Gasteiger partial charge in [0.2, 0.25) is 17.5 Å². The number of ether oxygens (including phenoxy) is 3. The lowest BCUT2D eigenvalue weighted by Gasteiger charge is -2.12. The van der Waals surface area contributed by atoms with Crippen LogP contribution in [0, 0.1) is 0 Å². The van der Waals surface area contributed by atoms with Crippen molar-refractivity contribution < 1.29 is 31.8 Å². The Labute approximate surface area is 189 Å². The molecule has 0 atom stereocenters. The molecule has 0 aliphatic rings. The molecule has 170 valence electrons. The van der Waals surface area contributed by atoms with Gasteiger partial charge >= 0.3 is 6.01 Å². The van der Waals surface area contributed by atoms with E-state index in [-0.39, 0.29) is 23.2 Å². The lowest BCUT2D eigenvalue weighted by molar-refractivity contribution is -0.115. The minimum Gasteiger partial charge on any atom is -0.493 e. The van der Waals surface area contributed by atoms with E-state index in [0.717, 1.165) is 0 Å². The Hall–Kier alpha value is -3.31. The molecule has 1 heterocycles. The van der Waals surface area contributed by atoms with Gasteiger partial charge in [0, 0.05) is 17.0 Å². The van der Waals surface area contributed by atoms with Gasteiger partial charge in [-0.3, -0.25) is 10.1 Å². The summed E-state index contributed by atoms with van der Waals surface area (Å²) in [5.41, 5.74) is 0.470. The number of anilines is 1. The Morgan fingerprint density at radius 2 is 1.66 bits per heavy atom. The number of hydrogen-bond donors (Lipinski definition) is 1. The van der Waals surface area contributed by atoms with Crippen LogP contribution in [0.25, 0.3) is 11.5 Å². The molecule has 2 aromatic carbocycles. The summed E-state index contributed by atoms with van der Waals surface area (Å²) < 4.78 is 46.0. The number of carbonyl (C=O) groups excluding carboxylic acids is 1. The van der Waals surface area contributed by atoms with Crippen molar-refractivity contribution in [1.29, 1.82) is 0 Å². The number of methoxy groups -OCH3 is 3. The van der Waals surface area contributed by atoms with Crippen molar-refractivity contribution in [2.75, 3.05) is 32.4 Å². The number of aromatic nitrogens is 2. The minimum atomic E-state index is -3.65. The van der Waals surface area contributed by atoms with Gasteiger partial charge in [0.25, 0.3) is 0 Å². The molecule has 0 saturated heterocycles. The number of nitrogens with one attached hydrogen (secondary N) is 1. The summed E-state index contributed by atoms with van der Waals surface area (Å²) in [6, 6.07) is 8.75. The molecule has 1 N–H and O–H groups in total. The number of amides is 1. The Morgan fingerprint density at radius 1 is 1.03 bits per heavy atom. The van der Waals surface area contributed by atoms with Crippen molar-refractivity contribution >= 4 is 33.4 Å². The first kappa shape index (κ1) is 23.4. The first-order valence-electron chi connectivity index (χ1n) is 9.19. The molecule has 0 bridgehead atoms. The maximum absolute atomic E-state index is 12.4. The molecule has 1 aromatic heterocycles. The second-order valence-corrected chi connectivity index (χ2v) is 8.94. The van der Waals surface area contributed by atoms with Crippen LogP contribution in [0.2, 0.25) is 5.02 Å². The van der Waals surface area contributed by atoms with Crippen LogP contribution in [-0.4, -0.2) is 51.6 Å². The zero-order valence-electron chi connectivity index (χ0n) is 17.4. The molecule has 0 spiro atoms. The molecule has 0 unspecified atom stereocenters. The second kappa shape index (κ2) is 9.88. The Bertz CT molecular complexity index is 1190. The molecule has 3 rings (SSSR count). The summed E-state index contributed by atoms with van der Waals surface area (Å²) in [6.45, 7) is 0. The SMILES string of the molecule is COc1cc(-c2nnc(NC(=O)CCS(=O)(=O)c3ccc(Cl)cc3)o2)cc(OC)c1OC. The van der Waals surface area contributed by atoms with Crippen molar-refractivity contribution in [3.05, 3.63) is 41.4 Å². The van der Waals surface area contributed by atoms with Crippen molar-refractivity contribution in [1.82, 2.24) is 10.2 Å². The van der Waals surface area contributed by atoms with Gasteiger partial charge in [0.1, 0.15) is 0 Å². The summed E-state index contributed by atoms with van der Waals surface area (Å²) in [5, 5.41) is 10.5. The Balaban J connectivity index is 1.69. The maximum Gasteiger partial charge on any atom is 0.322 e. The van der Waals surface area contributed by atoms with Crippen LogP contribution in [0.3, 0.4) is 0 Å². The zero-order chi connectivity index (χ0) is 23.3. The Kier molecular flexibility index (Phi) is 7.21. The quantitative estimate of drug-likeness (QED) is 0.489. The number of sulfone groups is 1. The van der Waals surface area contributed by atoms with Gasteiger partial charge in [0.05, 0.1) is 32.0 Å². The van der Waals surface area contributed by atoms with Crippen LogP contribution in [0.1, 0.15) is 6.42 Å². The van der Waals surface area contributed by atoms with E-state index in [0.29, 0.717) is 27.8 Å². The van der Waals surface area contributed by atoms with E-state index in [2.05, 4.69) is 15.5 Å². The van der Waals surface area contributed by atoms with Gasteiger partial charge in [-0.2, -0.15) is 0 Å². The van der Waals surface area contributed by atoms with E-state index in [1.54, 1.807) is 12.1 Å². The molecular formula is C20H20ClN3O7S. The molecule has 10 nitrogen and oxygen atoms in total. The maximum atomic E-state index is 12.4.